The Morgan fingerprint density at radius 1 is 1.15 bits per heavy atom. The van der Waals surface area contributed by atoms with E-state index in [1.807, 2.05) is 38.1 Å². The predicted octanol–water partition coefficient (Wildman–Crippen LogP) is 3.78. The highest BCUT2D eigenvalue weighted by Crippen LogP contribution is 2.31. The standard InChI is InChI=1S/C21H19NO4/c1-13(2)25-15-7-8-16-17(12-20(23)26-19(16)11-15)21(24)22-10-9-14-5-3-4-6-18(14)22/h3-8,11-13H,9-10H2,1-2H3. The summed E-state index contributed by atoms with van der Waals surface area (Å²) in [5.41, 5.74) is 2.20. The molecule has 0 spiro atoms. The largest absolute Gasteiger partial charge is 0.491 e. The molecule has 0 aliphatic carbocycles. The van der Waals surface area contributed by atoms with Crippen LogP contribution in [0.5, 0.6) is 5.75 Å². The molecule has 0 bridgehead atoms. The Bertz CT molecular complexity index is 1050. The third-order valence-electron chi connectivity index (χ3n) is 4.45. The van der Waals surface area contributed by atoms with Gasteiger partial charge in [-0.3, -0.25) is 4.79 Å². The summed E-state index contributed by atoms with van der Waals surface area (Å²) >= 11 is 0. The molecule has 1 aromatic heterocycles. The van der Waals surface area contributed by atoms with Crippen molar-refractivity contribution >= 4 is 22.6 Å². The van der Waals surface area contributed by atoms with Crippen molar-refractivity contribution in [1.82, 2.24) is 0 Å². The maximum atomic E-state index is 13.2. The second-order valence-corrected chi connectivity index (χ2v) is 6.64. The van der Waals surface area contributed by atoms with Crippen LogP contribution in [0.4, 0.5) is 5.69 Å². The molecule has 4 rings (SSSR count). The minimum Gasteiger partial charge on any atom is -0.491 e. The Morgan fingerprint density at radius 2 is 1.96 bits per heavy atom. The molecule has 1 amide bonds. The van der Waals surface area contributed by atoms with E-state index in [1.54, 1.807) is 23.1 Å². The van der Waals surface area contributed by atoms with Gasteiger partial charge in [0.1, 0.15) is 11.3 Å². The van der Waals surface area contributed by atoms with Gasteiger partial charge in [-0.05, 0) is 44.0 Å². The van der Waals surface area contributed by atoms with Gasteiger partial charge in [-0.1, -0.05) is 18.2 Å². The fourth-order valence-electron chi connectivity index (χ4n) is 3.36. The molecule has 132 valence electrons. The smallest absolute Gasteiger partial charge is 0.337 e. The molecule has 3 aromatic rings. The Hall–Kier alpha value is -3.08. The van der Waals surface area contributed by atoms with Gasteiger partial charge in [-0.15, -0.1) is 0 Å². The topological polar surface area (TPSA) is 59.8 Å². The summed E-state index contributed by atoms with van der Waals surface area (Å²) in [6, 6.07) is 14.3. The quantitative estimate of drug-likeness (QED) is 0.675. The molecule has 0 unspecified atom stereocenters. The van der Waals surface area contributed by atoms with Gasteiger partial charge in [0.25, 0.3) is 5.91 Å². The van der Waals surface area contributed by atoms with Gasteiger partial charge in [-0.25, -0.2) is 4.79 Å². The monoisotopic (exact) mass is 349 g/mol. The van der Waals surface area contributed by atoms with Gasteiger partial charge in [0.2, 0.25) is 0 Å². The predicted molar refractivity (Wildman–Crippen MR) is 100 cm³/mol. The molecule has 2 heterocycles. The first-order valence-corrected chi connectivity index (χ1v) is 8.67. The number of anilines is 1. The molecule has 0 saturated carbocycles. The van der Waals surface area contributed by atoms with Crippen LogP contribution < -0.4 is 15.3 Å². The number of fused-ring (bicyclic) bond motifs is 2. The number of benzene rings is 2. The van der Waals surface area contributed by atoms with Crippen molar-refractivity contribution in [3.05, 3.63) is 70.1 Å². The van der Waals surface area contributed by atoms with E-state index in [0.717, 1.165) is 17.7 Å². The fraction of sp³-hybridized carbons (Fsp3) is 0.238. The normalized spacial score (nSPS) is 13.3. The van der Waals surface area contributed by atoms with Crippen LogP contribution in [-0.2, 0) is 6.42 Å². The number of rotatable bonds is 3. The summed E-state index contributed by atoms with van der Waals surface area (Å²) in [7, 11) is 0. The van der Waals surface area contributed by atoms with Crippen LogP contribution in [0.2, 0.25) is 0 Å². The zero-order valence-corrected chi connectivity index (χ0v) is 14.7. The fourth-order valence-corrected chi connectivity index (χ4v) is 3.36. The number of ether oxygens (including phenoxy) is 1. The van der Waals surface area contributed by atoms with E-state index >= 15 is 0 Å². The number of carbonyl (C=O) groups is 1. The zero-order chi connectivity index (χ0) is 18.3. The van der Waals surface area contributed by atoms with Crippen molar-refractivity contribution in [1.29, 1.82) is 0 Å². The lowest BCUT2D eigenvalue weighted by atomic mass is 10.1. The molecule has 1 aliphatic rings. The number of amides is 1. The number of nitrogens with zero attached hydrogens (tertiary/aromatic N) is 1. The summed E-state index contributed by atoms with van der Waals surface area (Å²) < 4.78 is 11.0. The Balaban J connectivity index is 1.79. The van der Waals surface area contributed by atoms with Crippen LogP contribution >= 0.6 is 0 Å². The van der Waals surface area contributed by atoms with Crippen LogP contribution in [0.3, 0.4) is 0 Å². The minimum absolute atomic E-state index is 0.00471. The second-order valence-electron chi connectivity index (χ2n) is 6.64. The second kappa shape index (κ2) is 6.33. The molecule has 26 heavy (non-hydrogen) atoms. The summed E-state index contributed by atoms with van der Waals surface area (Å²) in [6.07, 6.45) is 0.818. The van der Waals surface area contributed by atoms with Crippen molar-refractivity contribution in [2.24, 2.45) is 0 Å². The lowest BCUT2D eigenvalue weighted by molar-refractivity contribution is 0.0990. The molecular formula is C21H19NO4. The van der Waals surface area contributed by atoms with E-state index in [9.17, 15) is 9.59 Å². The molecule has 0 atom stereocenters. The number of hydrogen-bond acceptors (Lipinski definition) is 4. The van der Waals surface area contributed by atoms with Crippen molar-refractivity contribution in [2.45, 2.75) is 26.4 Å². The lowest BCUT2D eigenvalue weighted by Gasteiger charge is -2.18. The lowest BCUT2D eigenvalue weighted by Crippen LogP contribution is -2.29. The SMILES string of the molecule is CC(C)Oc1ccc2c(C(=O)N3CCc4ccccc43)cc(=O)oc2c1. The molecule has 5 nitrogen and oxygen atoms in total. The number of para-hydroxylation sites is 1. The van der Waals surface area contributed by atoms with Gasteiger partial charge in [0.05, 0.1) is 11.7 Å². The molecule has 2 aromatic carbocycles. The zero-order valence-electron chi connectivity index (χ0n) is 14.7. The third kappa shape index (κ3) is 2.86. The third-order valence-corrected chi connectivity index (χ3v) is 4.45. The van der Waals surface area contributed by atoms with Crippen molar-refractivity contribution in [3.8, 4) is 5.75 Å². The highest BCUT2D eigenvalue weighted by atomic mass is 16.5. The van der Waals surface area contributed by atoms with E-state index in [-0.39, 0.29) is 12.0 Å². The molecule has 5 heteroatoms. The number of carbonyl (C=O) groups excluding carboxylic acids is 1. The minimum atomic E-state index is -0.546. The van der Waals surface area contributed by atoms with Crippen molar-refractivity contribution in [3.63, 3.8) is 0 Å². The van der Waals surface area contributed by atoms with Crippen LogP contribution in [0, 0.1) is 0 Å². The van der Waals surface area contributed by atoms with Crippen LogP contribution in [0.15, 0.2) is 57.7 Å². The molecule has 0 radical (unpaired) electrons. The Morgan fingerprint density at radius 3 is 2.77 bits per heavy atom. The van der Waals surface area contributed by atoms with Gasteiger partial charge in [0.15, 0.2) is 0 Å². The Kier molecular flexibility index (Phi) is 3.99. The highest BCUT2D eigenvalue weighted by Gasteiger charge is 2.27. The van der Waals surface area contributed by atoms with E-state index in [4.69, 9.17) is 9.15 Å². The van der Waals surface area contributed by atoms with E-state index in [2.05, 4.69) is 0 Å². The first kappa shape index (κ1) is 16.4. The maximum absolute atomic E-state index is 13.2. The molecule has 0 N–H and O–H groups in total. The Labute approximate surface area is 150 Å². The molecular weight excluding hydrogens is 330 g/mol. The maximum Gasteiger partial charge on any atom is 0.337 e. The van der Waals surface area contributed by atoms with Crippen molar-refractivity contribution < 1.29 is 13.9 Å². The van der Waals surface area contributed by atoms with Crippen LogP contribution in [-0.4, -0.2) is 18.6 Å². The van der Waals surface area contributed by atoms with E-state index in [0.29, 0.717) is 28.8 Å². The van der Waals surface area contributed by atoms with E-state index < -0.39 is 5.63 Å². The van der Waals surface area contributed by atoms with Crippen LogP contribution in [0.25, 0.3) is 11.0 Å². The van der Waals surface area contributed by atoms with Crippen LogP contribution in [0.1, 0.15) is 29.8 Å². The summed E-state index contributed by atoms with van der Waals surface area (Å²) in [4.78, 5) is 26.9. The van der Waals surface area contributed by atoms with Crippen molar-refractivity contribution in [2.75, 3.05) is 11.4 Å². The average Bonchev–Trinajstić information content (AvgIpc) is 3.03. The summed E-state index contributed by atoms with van der Waals surface area (Å²) in [5, 5.41) is 0.607. The van der Waals surface area contributed by atoms with Gasteiger partial charge in [0, 0.05) is 29.8 Å². The number of hydrogen-bond donors (Lipinski definition) is 0. The van der Waals surface area contributed by atoms with Gasteiger partial charge >= 0.3 is 5.63 Å². The highest BCUT2D eigenvalue weighted by molar-refractivity contribution is 6.14. The molecule has 0 fully saturated rings. The molecule has 0 saturated heterocycles. The van der Waals surface area contributed by atoms with Gasteiger partial charge < -0.3 is 14.1 Å². The van der Waals surface area contributed by atoms with E-state index in [1.165, 1.54) is 6.07 Å². The first-order valence-electron chi connectivity index (χ1n) is 8.67. The van der Waals surface area contributed by atoms with Gasteiger partial charge in [-0.2, -0.15) is 0 Å². The summed E-state index contributed by atoms with van der Waals surface area (Å²) in [6.45, 7) is 4.45. The molecule has 1 aliphatic heterocycles. The average molecular weight is 349 g/mol. The summed E-state index contributed by atoms with van der Waals surface area (Å²) in [5.74, 6) is 0.414. The first-order chi connectivity index (χ1) is 12.5.